The molecule has 4 N–H and O–H groups in total. The van der Waals surface area contributed by atoms with E-state index in [1.165, 1.54) is 0 Å². The Balaban J connectivity index is 2.29. The quantitative estimate of drug-likeness (QED) is 0.198. The van der Waals surface area contributed by atoms with Gasteiger partial charge in [0.15, 0.2) is 0 Å². The third-order valence-electron chi connectivity index (χ3n) is 7.80. The fourth-order valence-corrected chi connectivity index (χ4v) is 4.99. The first-order valence-corrected chi connectivity index (χ1v) is 14.6. The third-order valence-corrected chi connectivity index (χ3v) is 7.80. The van der Waals surface area contributed by atoms with Gasteiger partial charge in [-0.05, 0) is 42.7 Å². The zero-order chi connectivity index (χ0) is 31.7. The van der Waals surface area contributed by atoms with Crippen molar-refractivity contribution in [3.63, 3.8) is 0 Å². The van der Waals surface area contributed by atoms with Gasteiger partial charge in [0.2, 0.25) is 5.91 Å². The highest BCUT2D eigenvalue weighted by Gasteiger charge is 2.42. The molecule has 2 amide bonds. The molecule has 0 saturated heterocycles. The molecule has 0 aliphatic rings. The molecule has 0 saturated carbocycles. The van der Waals surface area contributed by atoms with Gasteiger partial charge in [0.25, 0.3) is 0 Å². The molecule has 2 rings (SSSR count). The van der Waals surface area contributed by atoms with Crippen molar-refractivity contribution < 1.29 is 37.7 Å². The first kappa shape index (κ1) is 35.5. The van der Waals surface area contributed by atoms with Crippen molar-refractivity contribution in [2.75, 3.05) is 20.3 Å². The summed E-state index contributed by atoms with van der Waals surface area (Å²) in [5.74, 6) is -3.41. The Kier molecular flexibility index (Phi) is 13.2. The number of methoxy groups -OCH3 is 1. The number of benzene rings is 1. The third kappa shape index (κ3) is 9.95. The van der Waals surface area contributed by atoms with Gasteiger partial charge in [-0.3, -0.25) is 14.3 Å². The fraction of sp³-hybridized carbons (Fsp3) is 0.700. The number of hydrogen-bond donors (Lipinski definition) is 4. The van der Waals surface area contributed by atoms with Crippen LogP contribution in [0.1, 0.15) is 78.4 Å². The maximum absolute atomic E-state index is 13.2. The first-order valence-electron chi connectivity index (χ1n) is 14.6. The Morgan fingerprint density at radius 1 is 1.12 bits per heavy atom. The van der Waals surface area contributed by atoms with Gasteiger partial charge in [0.1, 0.15) is 0 Å². The highest BCUT2D eigenvalue weighted by Crippen LogP contribution is 2.34. The number of aromatic nitrogens is 2. The number of carbonyl (C=O) groups is 2. The number of unbranched alkanes of at least 4 members (excludes halogenated alkanes) is 1. The maximum Gasteiger partial charge on any atom is 0.471 e. The molecule has 0 radical (unpaired) electrons. The summed E-state index contributed by atoms with van der Waals surface area (Å²) in [5.41, 5.74) is 0.600. The molecule has 1 aromatic carbocycles. The Morgan fingerprint density at radius 2 is 1.81 bits per heavy atom. The van der Waals surface area contributed by atoms with Gasteiger partial charge in [-0.25, -0.2) is 0 Å². The van der Waals surface area contributed by atoms with Gasteiger partial charge in [0.05, 0.1) is 30.0 Å². The van der Waals surface area contributed by atoms with Crippen molar-refractivity contribution in [1.82, 2.24) is 20.4 Å². The topological polar surface area (TPSA) is 126 Å². The molecule has 238 valence electrons. The van der Waals surface area contributed by atoms with Gasteiger partial charge in [0, 0.05) is 37.6 Å². The Morgan fingerprint density at radius 3 is 2.40 bits per heavy atom. The van der Waals surface area contributed by atoms with E-state index < -0.39 is 41.7 Å². The monoisotopic (exact) mass is 600 g/mol. The van der Waals surface area contributed by atoms with E-state index in [2.05, 4.69) is 10.4 Å². The molecule has 0 aliphatic heterocycles. The number of halogens is 3. The second-order valence-electron chi connectivity index (χ2n) is 12.0. The van der Waals surface area contributed by atoms with Crippen molar-refractivity contribution in [2.24, 2.45) is 17.3 Å². The lowest BCUT2D eigenvalue weighted by molar-refractivity contribution is -0.175. The number of alkyl halides is 3. The normalized spacial score (nSPS) is 15.4. The van der Waals surface area contributed by atoms with Crippen LogP contribution in [0.25, 0.3) is 10.9 Å². The number of rotatable bonds is 17. The number of aryl methyl sites for hydroxylation is 1. The minimum absolute atomic E-state index is 0.165. The average molecular weight is 601 g/mol. The van der Waals surface area contributed by atoms with E-state index in [1.807, 2.05) is 32.2 Å². The van der Waals surface area contributed by atoms with Crippen LogP contribution in [0.2, 0.25) is 0 Å². The molecular formula is C30H47F3N4O5. The lowest BCUT2D eigenvalue weighted by Gasteiger charge is -2.33. The van der Waals surface area contributed by atoms with Gasteiger partial charge in [-0.1, -0.05) is 59.6 Å². The predicted octanol–water partition coefficient (Wildman–Crippen LogP) is 4.51. The van der Waals surface area contributed by atoms with Crippen molar-refractivity contribution in [3.05, 3.63) is 30.0 Å². The summed E-state index contributed by atoms with van der Waals surface area (Å²) in [4.78, 5) is 24.7. The van der Waals surface area contributed by atoms with Crippen LogP contribution in [0.3, 0.4) is 0 Å². The zero-order valence-corrected chi connectivity index (χ0v) is 25.5. The molecular weight excluding hydrogens is 553 g/mol. The van der Waals surface area contributed by atoms with E-state index in [1.54, 1.807) is 44.0 Å². The predicted molar refractivity (Wildman–Crippen MR) is 154 cm³/mol. The standard InChI is InChI=1S/C30H47F3N4O5/c1-7-8-12-29(4,5)27(40)34-18-25(38)23(36-28(41)30(31,32)33)16-22(19(2)3)26(39)20-10-11-21-17-35-37(24(21)15-20)13-9-14-42-6/h10-11,15,17,19,22-23,25-26,38-39H,7-9,12-14,16,18H2,1-6H3,(H,34,40)(H,36,41)/t22-,23-,25-,26?/m0/s1. The van der Waals surface area contributed by atoms with Gasteiger partial charge in [-0.2, -0.15) is 18.3 Å². The average Bonchev–Trinajstić information content (AvgIpc) is 3.33. The SMILES string of the molecule is CCCCC(C)(C)C(=O)NC[C@H](O)[C@H](C[C@@H](C(C)C)C(O)c1ccc2cnn(CCCOC)c2c1)NC(=O)C(F)(F)F. The number of nitrogens with zero attached hydrogens (tertiary/aromatic N) is 2. The lowest BCUT2D eigenvalue weighted by atomic mass is 9.80. The summed E-state index contributed by atoms with van der Waals surface area (Å²) in [5, 5.41) is 32.2. The maximum atomic E-state index is 13.2. The van der Waals surface area contributed by atoms with Crippen molar-refractivity contribution in [3.8, 4) is 0 Å². The van der Waals surface area contributed by atoms with Crippen LogP contribution in [0.4, 0.5) is 13.2 Å². The minimum Gasteiger partial charge on any atom is -0.389 e. The van der Waals surface area contributed by atoms with Crippen LogP contribution in [0.5, 0.6) is 0 Å². The van der Waals surface area contributed by atoms with E-state index in [0.29, 0.717) is 25.1 Å². The molecule has 1 unspecified atom stereocenters. The highest BCUT2D eigenvalue weighted by atomic mass is 19.4. The molecule has 42 heavy (non-hydrogen) atoms. The fourth-order valence-electron chi connectivity index (χ4n) is 4.99. The largest absolute Gasteiger partial charge is 0.471 e. The van der Waals surface area contributed by atoms with Crippen molar-refractivity contribution in [2.45, 2.75) is 97.7 Å². The molecule has 0 aliphatic carbocycles. The number of carbonyl (C=O) groups excluding carboxylic acids is 2. The number of amides is 2. The number of aliphatic hydroxyl groups is 2. The summed E-state index contributed by atoms with van der Waals surface area (Å²) in [6.45, 7) is 9.96. The Labute approximate surface area is 246 Å². The number of ether oxygens (including phenoxy) is 1. The number of nitrogens with one attached hydrogen (secondary N) is 2. The zero-order valence-electron chi connectivity index (χ0n) is 25.5. The van der Waals surface area contributed by atoms with E-state index in [9.17, 15) is 33.0 Å². The summed E-state index contributed by atoms with van der Waals surface area (Å²) in [7, 11) is 1.62. The first-order chi connectivity index (χ1) is 19.6. The van der Waals surface area contributed by atoms with E-state index >= 15 is 0 Å². The molecule has 4 atom stereocenters. The second-order valence-corrected chi connectivity index (χ2v) is 12.0. The van der Waals surface area contributed by atoms with Gasteiger partial charge < -0.3 is 25.6 Å². The summed E-state index contributed by atoms with van der Waals surface area (Å²) < 4.78 is 46.6. The second kappa shape index (κ2) is 15.7. The Bertz CT molecular complexity index is 1150. The van der Waals surface area contributed by atoms with Gasteiger partial charge >= 0.3 is 12.1 Å². The van der Waals surface area contributed by atoms with E-state index in [-0.39, 0.29) is 24.8 Å². The summed E-state index contributed by atoms with van der Waals surface area (Å²) in [6.07, 6.45) is -3.19. The lowest BCUT2D eigenvalue weighted by Crippen LogP contribution is -2.53. The molecule has 0 spiro atoms. The smallest absolute Gasteiger partial charge is 0.389 e. The Hall–Kier alpha value is -2.70. The van der Waals surface area contributed by atoms with Crippen molar-refractivity contribution in [1.29, 1.82) is 0 Å². The molecule has 9 nitrogen and oxygen atoms in total. The molecule has 0 bridgehead atoms. The minimum atomic E-state index is -5.17. The number of hydrogen-bond acceptors (Lipinski definition) is 6. The summed E-state index contributed by atoms with van der Waals surface area (Å²) >= 11 is 0. The number of fused-ring (bicyclic) bond motifs is 1. The molecule has 1 aromatic heterocycles. The van der Waals surface area contributed by atoms with E-state index in [0.717, 1.165) is 30.2 Å². The van der Waals surface area contributed by atoms with E-state index in [4.69, 9.17) is 4.74 Å². The molecule has 2 aromatic rings. The van der Waals surface area contributed by atoms with Crippen molar-refractivity contribution >= 4 is 22.7 Å². The van der Waals surface area contributed by atoms with Crippen LogP contribution < -0.4 is 10.6 Å². The van der Waals surface area contributed by atoms with Gasteiger partial charge in [-0.15, -0.1) is 0 Å². The van der Waals surface area contributed by atoms with Crippen LogP contribution >= 0.6 is 0 Å². The molecule has 0 fully saturated rings. The van der Waals surface area contributed by atoms with Crippen LogP contribution in [0.15, 0.2) is 24.4 Å². The number of aliphatic hydroxyl groups excluding tert-OH is 2. The van der Waals surface area contributed by atoms with Crippen LogP contribution in [-0.2, 0) is 20.9 Å². The highest BCUT2D eigenvalue weighted by molar-refractivity contribution is 5.82. The van der Waals surface area contributed by atoms with Crippen LogP contribution in [0, 0.1) is 17.3 Å². The summed E-state index contributed by atoms with van der Waals surface area (Å²) in [6, 6.07) is 3.97. The van der Waals surface area contributed by atoms with Crippen LogP contribution in [-0.4, -0.2) is 70.4 Å². The molecule has 1 heterocycles. The molecule has 12 heteroatoms.